The van der Waals surface area contributed by atoms with E-state index in [2.05, 4.69) is 0 Å². The molecular formula is C12H14F2O2. The molecule has 16 heavy (non-hydrogen) atoms. The highest BCUT2D eigenvalue weighted by Crippen LogP contribution is 2.39. The van der Waals surface area contributed by atoms with Crippen LogP contribution in [0, 0.1) is 5.92 Å². The quantitative estimate of drug-likeness (QED) is 0.859. The SMILES string of the molecule is CC(C)C(c1ccccc1)C(F)(F)C(=O)O. The van der Waals surface area contributed by atoms with Crippen molar-refractivity contribution in [2.75, 3.05) is 0 Å². The Morgan fingerprint density at radius 3 is 2.12 bits per heavy atom. The van der Waals surface area contributed by atoms with Crippen LogP contribution in [0.1, 0.15) is 25.3 Å². The summed E-state index contributed by atoms with van der Waals surface area (Å²) in [6.07, 6.45) is 0. The summed E-state index contributed by atoms with van der Waals surface area (Å²) in [7, 11) is 0. The van der Waals surface area contributed by atoms with Gasteiger partial charge in [-0.1, -0.05) is 44.2 Å². The third kappa shape index (κ3) is 2.38. The maximum absolute atomic E-state index is 13.5. The minimum Gasteiger partial charge on any atom is -0.477 e. The third-order valence-electron chi connectivity index (χ3n) is 2.50. The summed E-state index contributed by atoms with van der Waals surface area (Å²) in [5.74, 6) is -7.56. The van der Waals surface area contributed by atoms with Gasteiger partial charge in [-0.15, -0.1) is 0 Å². The van der Waals surface area contributed by atoms with Crippen LogP contribution in [0.15, 0.2) is 30.3 Å². The van der Waals surface area contributed by atoms with Crippen LogP contribution < -0.4 is 0 Å². The van der Waals surface area contributed by atoms with Gasteiger partial charge in [-0.3, -0.25) is 0 Å². The molecule has 0 aliphatic rings. The first kappa shape index (κ1) is 12.6. The molecule has 0 aromatic heterocycles. The van der Waals surface area contributed by atoms with Gasteiger partial charge in [-0.2, -0.15) is 8.78 Å². The van der Waals surface area contributed by atoms with Crippen molar-refractivity contribution in [2.45, 2.75) is 25.7 Å². The number of aliphatic carboxylic acids is 1. The van der Waals surface area contributed by atoms with Gasteiger partial charge >= 0.3 is 11.9 Å². The number of halogens is 2. The fraction of sp³-hybridized carbons (Fsp3) is 0.417. The maximum Gasteiger partial charge on any atom is 0.375 e. The van der Waals surface area contributed by atoms with Gasteiger partial charge in [0.05, 0.1) is 5.92 Å². The molecule has 0 radical (unpaired) electrons. The Kier molecular flexibility index (Phi) is 3.62. The highest BCUT2D eigenvalue weighted by Gasteiger charge is 2.49. The minimum atomic E-state index is -3.74. The first-order valence-corrected chi connectivity index (χ1v) is 5.03. The third-order valence-corrected chi connectivity index (χ3v) is 2.50. The molecule has 0 saturated heterocycles. The summed E-state index contributed by atoms with van der Waals surface area (Å²) in [6, 6.07) is 8.02. The zero-order chi connectivity index (χ0) is 12.3. The lowest BCUT2D eigenvalue weighted by Crippen LogP contribution is -2.38. The number of benzene rings is 1. The number of alkyl halides is 2. The van der Waals surface area contributed by atoms with Crippen molar-refractivity contribution < 1.29 is 18.7 Å². The van der Waals surface area contributed by atoms with Crippen molar-refractivity contribution in [1.82, 2.24) is 0 Å². The first-order chi connectivity index (χ1) is 7.37. The highest BCUT2D eigenvalue weighted by molar-refractivity contribution is 5.77. The molecule has 0 aliphatic carbocycles. The van der Waals surface area contributed by atoms with Crippen molar-refractivity contribution in [3.63, 3.8) is 0 Å². The Labute approximate surface area is 92.9 Å². The van der Waals surface area contributed by atoms with E-state index in [0.717, 1.165) is 0 Å². The van der Waals surface area contributed by atoms with Crippen LogP contribution >= 0.6 is 0 Å². The number of hydrogen-bond donors (Lipinski definition) is 1. The molecule has 0 spiro atoms. The van der Waals surface area contributed by atoms with Gasteiger partial charge in [-0.05, 0) is 11.5 Å². The van der Waals surface area contributed by atoms with Gasteiger partial charge < -0.3 is 5.11 Å². The summed E-state index contributed by atoms with van der Waals surface area (Å²) in [4.78, 5) is 10.6. The van der Waals surface area contributed by atoms with Gasteiger partial charge in [0.25, 0.3) is 0 Å². The molecule has 0 bridgehead atoms. The van der Waals surface area contributed by atoms with Crippen LogP contribution in [-0.4, -0.2) is 17.0 Å². The van der Waals surface area contributed by atoms with E-state index in [1.54, 1.807) is 32.0 Å². The number of hydrogen-bond acceptors (Lipinski definition) is 1. The van der Waals surface area contributed by atoms with E-state index in [1.165, 1.54) is 12.1 Å². The Morgan fingerprint density at radius 1 is 1.25 bits per heavy atom. The van der Waals surface area contributed by atoms with Crippen LogP contribution in [0.2, 0.25) is 0 Å². The van der Waals surface area contributed by atoms with Crippen LogP contribution in [0.3, 0.4) is 0 Å². The molecule has 1 rings (SSSR count). The molecule has 1 atom stereocenters. The summed E-state index contributed by atoms with van der Waals surface area (Å²) in [5.41, 5.74) is 0.352. The minimum absolute atomic E-state index is 0.352. The summed E-state index contributed by atoms with van der Waals surface area (Å²) >= 11 is 0. The van der Waals surface area contributed by atoms with E-state index in [-0.39, 0.29) is 0 Å². The zero-order valence-electron chi connectivity index (χ0n) is 9.15. The van der Waals surface area contributed by atoms with Crippen molar-refractivity contribution in [3.8, 4) is 0 Å². The van der Waals surface area contributed by atoms with Crippen LogP contribution in [-0.2, 0) is 4.79 Å². The van der Waals surface area contributed by atoms with E-state index in [0.29, 0.717) is 5.56 Å². The smallest absolute Gasteiger partial charge is 0.375 e. The fourth-order valence-corrected chi connectivity index (χ4v) is 1.81. The van der Waals surface area contributed by atoms with E-state index < -0.39 is 23.7 Å². The number of carboxylic acids is 1. The second-order valence-electron chi connectivity index (χ2n) is 4.06. The largest absolute Gasteiger partial charge is 0.477 e. The molecule has 0 heterocycles. The van der Waals surface area contributed by atoms with E-state index in [4.69, 9.17) is 5.11 Å². The average molecular weight is 228 g/mol. The molecule has 0 amide bonds. The van der Waals surface area contributed by atoms with Crippen molar-refractivity contribution in [1.29, 1.82) is 0 Å². The lowest BCUT2D eigenvalue weighted by Gasteiger charge is -2.27. The molecule has 4 heteroatoms. The lowest BCUT2D eigenvalue weighted by atomic mass is 9.83. The monoisotopic (exact) mass is 228 g/mol. The van der Waals surface area contributed by atoms with Gasteiger partial charge in [0.2, 0.25) is 0 Å². The molecular weight excluding hydrogens is 214 g/mol. The van der Waals surface area contributed by atoms with Gasteiger partial charge in [0, 0.05) is 0 Å². The molecule has 1 unspecified atom stereocenters. The molecule has 1 aromatic rings. The van der Waals surface area contributed by atoms with Crippen LogP contribution in [0.5, 0.6) is 0 Å². The standard InChI is InChI=1S/C12H14F2O2/c1-8(2)10(12(13,14)11(15)16)9-6-4-3-5-7-9/h3-8,10H,1-2H3,(H,15,16). The van der Waals surface area contributed by atoms with Crippen LogP contribution in [0.4, 0.5) is 8.78 Å². The molecule has 0 fully saturated rings. The molecule has 2 nitrogen and oxygen atoms in total. The second-order valence-corrected chi connectivity index (χ2v) is 4.06. The predicted molar refractivity (Wildman–Crippen MR) is 56.6 cm³/mol. The summed E-state index contributed by atoms with van der Waals surface area (Å²) in [6.45, 7) is 3.18. The van der Waals surface area contributed by atoms with Crippen LogP contribution in [0.25, 0.3) is 0 Å². The summed E-state index contributed by atoms with van der Waals surface area (Å²) in [5, 5.41) is 8.57. The number of rotatable bonds is 4. The molecule has 1 N–H and O–H groups in total. The van der Waals surface area contributed by atoms with Gasteiger partial charge in [0.1, 0.15) is 0 Å². The number of carboxylic acid groups (broad SMARTS) is 1. The lowest BCUT2D eigenvalue weighted by molar-refractivity contribution is -0.170. The zero-order valence-corrected chi connectivity index (χ0v) is 9.15. The van der Waals surface area contributed by atoms with Crippen molar-refractivity contribution >= 4 is 5.97 Å². The fourth-order valence-electron chi connectivity index (χ4n) is 1.81. The Bertz CT molecular complexity index is 361. The van der Waals surface area contributed by atoms with E-state index in [1.807, 2.05) is 0 Å². The summed E-state index contributed by atoms with van der Waals surface area (Å²) < 4.78 is 27.1. The van der Waals surface area contributed by atoms with Crippen molar-refractivity contribution in [2.24, 2.45) is 5.92 Å². The average Bonchev–Trinajstić information content (AvgIpc) is 2.18. The van der Waals surface area contributed by atoms with E-state index >= 15 is 0 Å². The Hall–Kier alpha value is -1.45. The Morgan fingerprint density at radius 2 is 1.75 bits per heavy atom. The Balaban J connectivity index is 3.16. The topological polar surface area (TPSA) is 37.3 Å². The van der Waals surface area contributed by atoms with Gasteiger partial charge in [-0.25, -0.2) is 4.79 Å². The molecule has 88 valence electrons. The van der Waals surface area contributed by atoms with Gasteiger partial charge in [0.15, 0.2) is 0 Å². The first-order valence-electron chi connectivity index (χ1n) is 5.03. The molecule has 0 saturated carbocycles. The predicted octanol–water partition coefficient (Wildman–Crippen LogP) is 3.15. The molecule has 0 aliphatic heterocycles. The highest BCUT2D eigenvalue weighted by atomic mass is 19.3. The number of carbonyl (C=O) groups is 1. The normalized spacial score (nSPS) is 13.8. The second kappa shape index (κ2) is 4.60. The van der Waals surface area contributed by atoms with E-state index in [9.17, 15) is 13.6 Å². The molecule has 1 aromatic carbocycles. The maximum atomic E-state index is 13.5. The van der Waals surface area contributed by atoms with Crippen molar-refractivity contribution in [3.05, 3.63) is 35.9 Å².